The summed E-state index contributed by atoms with van der Waals surface area (Å²) in [7, 11) is 0. The quantitative estimate of drug-likeness (QED) is 0.911. The van der Waals surface area contributed by atoms with Gasteiger partial charge >= 0.3 is 0 Å². The van der Waals surface area contributed by atoms with Gasteiger partial charge in [-0.25, -0.2) is 0 Å². The summed E-state index contributed by atoms with van der Waals surface area (Å²) >= 11 is 0. The molecule has 2 aromatic rings. The summed E-state index contributed by atoms with van der Waals surface area (Å²) in [5.74, 6) is -0.368. The van der Waals surface area contributed by atoms with Crippen LogP contribution < -0.4 is 10.6 Å². The number of carbonyl (C=O) groups excluding carboxylic acids is 2. The monoisotopic (exact) mass is 297 g/mol. The molecular weight excluding hydrogens is 278 g/mol. The molecule has 0 saturated carbocycles. The van der Waals surface area contributed by atoms with Gasteiger partial charge in [0.05, 0.1) is 11.7 Å². The van der Waals surface area contributed by atoms with Crippen molar-refractivity contribution in [3.05, 3.63) is 59.4 Å². The molecule has 0 bridgehead atoms. The summed E-state index contributed by atoms with van der Waals surface area (Å²) in [5, 5.41) is 5.62. The van der Waals surface area contributed by atoms with Gasteiger partial charge in [0.2, 0.25) is 5.91 Å². The van der Waals surface area contributed by atoms with Gasteiger partial charge in [-0.2, -0.15) is 0 Å². The summed E-state index contributed by atoms with van der Waals surface area (Å²) in [6, 6.07) is 10.6. The van der Waals surface area contributed by atoms with E-state index in [4.69, 9.17) is 0 Å². The standard InChI is InChI=1S/C17H19N3O2/c1-11-7-8-14(10-16(11)20-13(3)21)17(22)19-12(2)15-6-4-5-9-18-15/h4-10,12H,1-3H3,(H,19,22)(H,20,21). The third-order valence-electron chi connectivity index (χ3n) is 3.29. The maximum absolute atomic E-state index is 12.3. The number of aromatic nitrogens is 1. The number of carbonyl (C=O) groups is 2. The van der Waals surface area contributed by atoms with Crippen LogP contribution >= 0.6 is 0 Å². The zero-order valence-electron chi connectivity index (χ0n) is 12.9. The third kappa shape index (κ3) is 3.91. The van der Waals surface area contributed by atoms with E-state index in [2.05, 4.69) is 15.6 Å². The Morgan fingerprint density at radius 3 is 2.59 bits per heavy atom. The van der Waals surface area contributed by atoms with Crippen LogP contribution in [-0.4, -0.2) is 16.8 Å². The summed E-state index contributed by atoms with van der Waals surface area (Å²) in [6.07, 6.45) is 1.69. The van der Waals surface area contributed by atoms with Crippen molar-refractivity contribution in [1.82, 2.24) is 10.3 Å². The molecule has 0 aliphatic heterocycles. The molecule has 22 heavy (non-hydrogen) atoms. The Morgan fingerprint density at radius 2 is 1.95 bits per heavy atom. The first kappa shape index (κ1) is 15.7. The van der Waals surface area contributed by atoms with Crippen molar-refractivity contribution in [3.63, 3.8) is 0 Å². The molecule has 0 aliphatic carbocycles. The fourth-order valence-electron chi connectivity index (χ4n) is 2.07. The molecule has 2 amide bonds. The molecule has 0 fully saturated rings. The van der Waals surface area contributed by atoms with Crippen molar-refractivity contribution in [3.8, 4) is 0 Å². The smallest absolute Gasteiger partial charge is 0.251 e. The van der Waals surface area contributed by atoms with Gasteiger partial charge in [0, 0.05) is 24.4 Å². The second-order valence-corrected chi connectivity index (χ2v) is 5.16. The summed E-state index contributed by atoms with van der Waals surface area (Å²) in [6.45, 7) is 5.20. The first-order valence-electron chi connectivity index (χ1n) is 7.07. The zero-order valence-corrected chi connectivity index (χ0v) is 12.9. The van der Waals surface area contributed by atoms with Crippen LogP contribution in [0.1, 0.15) is 41.5 Å². The van der Waals surface area contributed by atoms with Crippen molar-refractivity contribution in [2.45, 2.75) is 26.8 Å². The average Bonchev–Trinajstić information content (AvgIpc) is 2.49. The second-order valence-electron chi connectivity index (χ2n) is 5.16. The van der Waals surface area contributed by atoms with Gasteiger partial charge in [-0.05, 0) is 43.7 Å². The molecule has 0 spiro atoms. The number of anilines is 1. The lowest BCUT2D eigenvalue weighted by molar-refractivity contribution is -0.114. The van der Waals surface area contributed by atoms with Crippen molar-refractivity contribution in [1.29, 1.82) is 0 Å². The predicted octanol–water partition coefficient (Wildman–Crippen LogP) is 2.84. The van der Waals surface area contributed by atoms with Crippen molar-refractivity contribution in [2.75, 3.05) is 5.32 Å². The van der Waals surface area contributed by atoms with E-state index >= 15 is 0 Å². The van der Waals surface area contributed by atoms with E-state index in [1.54, 1.807) is 18.3 Å². The molecule has 5 nitrogen and oxygen atoms in total. The Hall–Kier alpha value is -2.69. The Morgan fingerprint density at radius 1 is 1.18 bits per heavy atom. The zero-order chi connectivity index (χ0) is 16.1. The van der Waals surface area contributed by atoms with Gasteiger partial charge in [0.15, 0.2) is 0 Å². The Kier molecular flexibility index (Phi) is 4.88. The highest BCUT2D eigenvalue weighted by Gasteiger charge is 2.13. The summed E-state index contributed by atoms with van der Waals surface area (Å²) < 4.78 is 0. The normalized spacial score (nSPS) is 11.6. The average molecular weight is 297 g/mol. The molecule has 0 aliphatic rings. The predicted molar refractivity (Wildman–Crippen MR) is 85.6 cm³/mol. The maximum Gasteiger partial charge on any atom is 0.251 e. The maximum atomic E-state index is 12.3. The van der Waals surface area contributed by atoms with Gasteiger partial charge in [-0.1, -0.05) is 12.1 Å². The first-order chi connectivity index (χ1) is 10.5. The number of aryl methyl sites for hydroxylation is 1. The van der Waals surface area contributed by atoms with Crippen LogP contribution in [0.4, 0.5) is 5.69 Å². The van der Waals surface area contributed by atoms with E-state index in [9.17, 15) is 9.59 Å². The minimum absolute atomic E-state index is 0.164. The summed E-state index contributed by atoms with van der Waals surface area (Å²) in [5.41, 5.74) is 2.84. The molecule has 0 radical (unpaired) electrons. The van der Waals surface area contributed by atoms with Gasteiger partial charge < -0.3 is 10.6 Å². The molecule has 2 rings (SSSR count). The fourth-order valence-corrected chi connectivity index (χ4v) is 2.07. The third-order valence-corrected chi connectivity index (χ3v) is 3.29. The van der Waals surface area contributed by atoms with Crippen LogP contribution in [0.25, 0.3) is 0 Å². The fraction of sp³-hybridized carbons (Fsp3) is 0.235. The number of hydrogen-bond acceptors (Lipinski definition) is 3. The van der Waals surface area contributed by atoms with Crippen molar-refractivity contribution in [2.24, 2.45) is 0 Å². The Labute approximate surface area is 129 Å². The minimum Gasteiger partial charge on any atom is -0.344 e. The van der Waals surface area contributed by atoms with E-state index < -0.39 is 0 Å². The molecule has 2 N–H and O–H groups in total. The van der Waals surface area contributed by atoms with E-state index in [1.807, 2.05) is 38.1 Å². The van der Waals surface area contributed by atoms with Gasteiger partial charge in [0.1, 0.15) is 0 Å². The van der Waals surface area contributed by atoms with Gasteiger partial charge in [0.25, 0.3) is 5.91 Å². The number of amides is 2. The number of nitrogens with one attached hydrogen (secondary N) is 2. The number of pyridine rings is 1. The number of hydrogen-bond donors (Lipinski definition) is 2. The number of benzene rings is 1. The van der Waals surface area contributed by atoms with Crippen LogP contribution in [0.5, 0.6) is 0 Å². The molecule has 1 heterocycles. The Bertz CT molecular complexity index is 684. The van der Waals surface area contributed by atoms with Crippen LogP contribution in [0.2, 0.25) is 0 Å². The molecule has 114 valence electrons. The molecular formula is C17H19N3O2. The van der Waals surface area contributed by atoms with Crippen LogP contribution in [0.3, 0.4) is 0 Å². The molecule has 0 saturated heterocycles. The van der Waals surface area contributed by atoms with Crippen LogP contribution in [-0.2, 0) is 4.79 Å². The Balaban J connectivity index is 2.14. The molecule has 1 aromatic heterocycles. The lowest BCUT2D eigenvalue weighted by Crippen LogP contribution is -2.27. The number of nitrogens with zero attached hydrogens (tertiary/aromatic N) is 1. The first-order valence-corrected chi connectivity index (χ1v) is 7.07. The van der Waals surface area contributed by atoms with E-state index in [-0.39, 0.29) is 17.9 Å². The van der Waals surface area contributed by atoms with Crippen molar-refractivity contribution < 1.29 is 9.59 Å². The highest BCUT2D eigenvalue weighted by Crippen LogP contribution is 2.18. The van der Waals surface area contributed by atoms with Gasteiger partial charge in [-0.3, -0.25) is 14.6 Å². The SMILES string of the molecule is CC(=O)Nc1cc(C(=O)NC(C)c2ccccn2)ccc1C. The minimum atomic E-state index is -0.204. The number of rotatable bonds is 4. The molecule has 1 atom stereocenters. The highest BCUT2D eigenvalue weighted by molar-refractivity contribution is 5.97. The van der Waals surface area contributed by atoms with E-state index in [0.29, 0.717) is 11.3 Å². The van der Waals surface area contributed by atoms with Crippen molar-refractivity contribution >= 4 is 17.5 Å². The summed E-state index contributed by atoms with van der Waals surface area (Å²) in [4.78, 5) is 27.7. The van der Waals surface area contributed by atoms with Crippen LogP contribution in [0.15, 0.2) is 42.6 Å². The largest absolute Gasteiger partial charge is 0.344 e. The molecule has 1 aromatic carbocycles. The van der Waals surface area contributed by atoms with E-state index in [0.717, 1.165) is 11.3 Å². The lowest BCUT2D eigenvalue weighted by atomic mass is 10.1. The topological polar surface area (TPSA) is 71.1 Å². The van der Waals surface area contributed by atoms with Gasteiger partial charge in [-0.15, -0.1) is 0 Å². The molecule has 5 heteroatoms. The molecule has 1 unspecified atom stereocenters. The lowest BCUT2D eigenvalue weighted by Gasteiger charge is -2.14. The van der Waals surface area contributed by atoms with E-state index in [1.165, 1.54) is 6.92 Å². The highest BCUT2D eigenvalue weighted by atomic mass is 16.2. The second kappa shape index (κ2) is 6.85. The van der Waals surface area contributed by atoms with Crippen LogP contribution in [0, 0.1) is 6.92 Å².